The van der Waals surface area contributed by atoms with E-state index in [1.165, 1.54) is 0 Å². The molecule has 6 nitrogen and oxygen atoms in total. The number of carbonyl (C=O) groups excluding carboxylic acids is 1. The lowest BCUT2D eigenvalue weighted by molar-refractivity contribution is -0.143. The van der Waals surface area contributed by atoms with Gasteiger partial charge >= 0.3 is 5.97 Å². The van der Waals surface area contributed by atoms with Gasteiger partial charge in [0.15, 0.2) is 0 Å². The molecule has 0 heterocycles. The molecule has 0 rings (SSSR count). The number of nitrogens with two attached hydrogens (primary N) is 1. The molecule has 6 heteroatoms. The predicted octanol–water partition coefficient (Wildman–Crippen LogP) is -0.934. The van der Waals surface area contributed by atoms with Crippen LogP contribution >= 0.6 is 0 Å². The third kappa shape index (κ3) is 6.03. The Balaban J connectivity index is 3.96. The summed E-state index contributed by atoms with van der Waals surface area (Å²) in [6.07, 6.45) is 1.67. The van der Waals surface area contributed by atoms with Gasteiger partial charge in [0.25, 0.3) is 0 Å². The second kappa shape index (κ2) is 7.19. The first kappa shape index (κ1) is 13.9. The monoisotopic (exact) mass is 218 g/mol. The summed E-state index contributed by atoms with van der Waals surface area (Å²) in [4.78, 5) is 21.7. The number of nitrogens with one attached hydrogen (secondary N) is 1. The fraction of sp³-hybridized carbons (Fsp3) is 0.778. The normalized spacial score (nSPS) is 14.3. The van der Waals surface area contributed by atoms with Crippen LogP contribution in [0.4, 0.5) is 0 Å². The van der Waals surface area contributed by atoms with Gasteiger partial charge < -0.3 is 21.3 Å². The van der Waals surface area contributed by atoms with Crippen molar-refractivity contribution < 1.29 is 19.8 Å². The summed E-state index contributed by atoms with van der Waals surface area (Å²) in [5, 5.41) is 19.4. The molecule has 1 unspecified atom stereocenters. The molecule has 0 aliphatic heterocycles. The van der Waals surface area contributed by atoms with Gasteiger partial charge in [0, 0.05) is 12.5 Å². The predicted molar refractivity (Wildman–Crippen MR) is 54.2 cm³/mol. The third-order valence-corrected chi connectivity index (χ3v) is 1.92. The van der Waals surface area contributed by atoms with Gasteiger partial charge in [-0.1, -0.05) is 13.3 Å². The van der Waals surface area contributed by atoms with Crippen LogP contribution in [0, 0.1) is 0 Å². The number of carbonyl (C=O) groups is 2. The Morgan fingerprint density at radius 3 is 2.47 bits per heavy atom. The van der Waals surface area contributed by atoms with E-state index in [-0.39, 0.29) is 12.5 Å². The summed E-state index contributed by atoms with van der Waals surface area (Å²) >= 11 is 0. The van der Waals surface area contributed by atoms with Crippen molar-refractivity contribution in [2.45, 2.75) is 38.3 Å². The van der Waals surface area contributed by atoms with Crippen LogP contribution in [-0.2, 0) is 9.59 Å². The molecule has 0 aliphatic carbocycles. The topological polar surface area (TPSA) is 113 Å². The molecular formula is C9H18N2O4. The molecule has 0 aromatic carbocycles. The van der Waals surface area contributed by atoms with Gasteiger partial charge in [-0.05, 0) is 6.42 Å². The molecule has 15 heavy (non-hydrogen) atoms. The highest BCUT2D eigenvalue weighted by Gasteiger charge is 2.19. The van der Waals surface area contributed by atoms with Gasteiger partial charge in [0.2, 0.25) is 5.91 Å². The van der Waals surface area contributed by atoms with Crippen molar-refractivity contribution in [3.8, 4) is 0 Å². The van der Waals surface area contributed by atoms with E-state index in [0.717, 1.165) is 6.42 Å². The highest BCUT2D eigenvalue weighted by atomic mass is 16.4. The van der Waals surface area contributed by atoms with Gasteiger partial charge in [-0.3, -0.25) is 4.79 Å². The molecular weight excluding hydrogens is 200 g/mol. The minimum atomic E-state index is -1.25. The fourth-order valence-electron chi connectivity index (χ4n) is 1.15. The SMILES string of the molecule is CCCC(N)CC(=O)N[C@@H](CO)C(=O)O. The van der Waals surface area contributed by atoms with Crippen molar-refractivity contribution in [2.24, 2.45) is 5.73 Å². The summed E-state index contributed by atoms with van der Waals surface area (Å²) in [5.74, 6) is -1.70. The van der Waals surface area contributed by atoms with Crippen LogP contribution < -0.4 is 11.1 Å². The number of hydrogen-bond donors (Lipinski definition) is 4. The first-order chi connectivity index (χ1) is 7.01. The Hall–Kier alpha value is -1.14. The molecule has 0 bridgehead atoms. The first-order valence-corrected chi connectivity index (χ1v) is 4.89. The van der Waals surface area contributed by atoms with Crippen LogP contribution in [0.15, 0.2) is 0 Å². The number of carboxylic acid groups (broad SMARTS) is 1. The van der Waals surface area contributed by atoms with Gasteiger partial charge in [-0.25, -0.2) is 4.79 Å². The molecule has 0 fully saturated rings. The average Bonchev–Trinajstić information content (AvgIpc) is 2.13. The fourth-order valence-corrected chi connectivity index (χ4v) is 1.15. The van der Waals surface area contributed by atoms with Crippen LogP contribution in [-0.4, -0.2) is 40.8 Å². The van der Waals surface area contributed by atoms with Crippen molar-refractivity contribution in [1.29, 1.82) is 0 Å². The van der Waals surface area contributed by atoms with Crippen LogP contribution in [0.1, 0.15) is 26.2 Å². The number of hydrogen-bond acceptors (Lipinski definition) is 4. The lowest BCUT2D eigenvalue weighted by Gasteiger charge is -2.14. The number of amides is 1. The second-order valence-electron chi connectivity index (χ2n) is 3.39. The summed E-state index contributed by atoms with van der Waals surface area (Å²) in [6, 6.07) is -1.51. The summed E-state index contributed by atoms with van der Waals surface area (Å²) in [6.45, 7) is 1.33. The maximum atomic E-state index is 11.2. The van der Waals surface area contributed by atoms with Crippen molar-refractivity contribution in [1.82, 2.24) is 5.32 Å². The van der Waals surface area contributed by atoms with E-state index in [2.05, 4.69) is 5.32 Å². The van der Waals surface area contributed by atoms with Crippen LogP contribution in [0.25, 0.3) is 0 Å². The minimum Gasteiger partial charge on any atom is -0.480 e. The second-order valence-corrected chi connectivity index (χ2v) is 3.39. The molecule has 0 aromatic rings. The van der Waals surface area contributed by atoms with E-state index in [9.17, 15) is 9.59 Å². The summed E-state index contributed by atoms with van der Waals surface area (Å²) < 4.78 is 0. The Morgan fingerprint density at radius 2 is 2.07 bits per heavy atom. The number of rotatable bonds is 7. The first-order valence-electron chi connectivity index (χ1n) is 4.89. The molecule has 0 aliphatic rings. The molecule has 0 aromatic heterocycles. The van der Waals surface area contributed by atoms with E-state index in [4.69, 9.17) is 15.9 Å². The smallest absolute Gasteiger partial charge is 0.328 e. The maximum Gasteiger partial charge on any atom is 0.328 e. The van der Waals surface area contributed by atoms with E-state index in [1.807, 2.05) is 6.92 Å². The highest BCUT2D eigenvalue weighted by Crippen LogP contribution is 1.98. The molecule has 0 saturated heterocycles. The largest absolute Gasteiger partial charge is 0.480 e. The average molecular weight is 218 g/mol. The van der Waals surface area contributed by atoms with Crippen LogP contribution in [0.2, 0.25) is 0 Å². The number of aliphatic hydroxyl groups is 1. The lowest BCUT2D eigenvalue weighted by Crippen LogP contribution is -2.44. The van der Waals surface area contributed by atoms with E-state index in [0.29, 0.717) is 6.42 Å². The van der Waals surface area contributed by atoms with Gasteiger partial charge in [0.05, 0.1) is 6.61 Å². The molecule has 5 N–H and O–H groups in total. The van der Waals surface area contributed by atoms with Crippen molar-refractivity contribution in [2.75, 3.05) is 6.61 Å². The lowest BCUT2D eigenvalue weighted by atomic mass is 10.1. The Bertz CT molecular complexity index is 220. The third-order valence-electron chi connectivity index (χ3n) is 1.92. The number of aliphatic carboxylic acids is 1. The zero-order valence-corrected chi connectivity index (χ0v) is 8.77. The van der Waals surface area contributed by atoms with Crippen LogP contribution in [0.5, 0.6) is 0 Å². The zero-order chi connectivity index (χ0) is 11.8. The summed E-state index contributed by atoms with van der Waals surface area (Å²) in [5.41, 5.74) is 5.61. The van der Waals surface area contributed by atoms with E-state index >= 15 is 0 Å². The van der Waals surface area contributed by atoms with E-state index < -0.39 is 24.5 Å². The Labute approximate surface area is 88.5 Å². The molecule has 0 radical (unpaired) electrons. The molecule has 88 valence electrons. The highest BCUT2D eigenvalue weighted by molar-refractivity contribution is 5.83. The minimum absolute atomic E-state index is 0.0810. The molecule has 0 saturated carbocycles. The summed E-state index contributed by atoms with van der Waals surface area (Å²) in [7, 11) is 0. The Morgan fingerprint density at radius 1 is 1.47 bits per heavy atom. The molecule has 2 atom stereocenters. The number of aliphatic hydroxyl groups excluding tert-OH is 1. The van der Waals surface area contributed by atoms with Gasteiger partial charge in [-0.15, -0.1) is 0 Å². The molecule has 0 spiro atoms. The maximum absolute atomic E-state index is 11.2. The van der Waals surface area contributed by atoms with Crippen molar-refractivity contribution in [3.05, 3.63) is 0 Å². The Kier molecular flexibility index (Phi) is 6.64. The van der Waals surface area contributed by atoms with E-state index in [1.54, 1.807) is 0 Å². The van der Waals surface area contributed by atoms with Gasteiger partial charge in [0.1, 0.15) is 6.04 Å². The number of carboxylic acids is 1. The standard InChI is InChI=1S/C9H18N2O4/c1-2-3-6(10)4-8(13)11-7(5-12)9(14)15/h6-7,12H,2-5,10H2,1H3,(H,11,13)(H,14,15)/t6?,7-/m0/s1. The van der Waals surface area contributed by atoms with Crippen molar-refractivity contribution >= 4 is 11.9 Å². The molecule has 1 amide bonds. The van der Waals surface area contributed by atoms with Crippen LogP contribution in [0.3, 0.4) is 0 Å². The van der Waals surface area contributed by atoms with Crippen molar-refractivity contribution in [3.63, 3.8) is 0 Å². The van der Waals surface area contributed by atoms with Gasteiger partial charge in [-0.2, -0.15) is 0 Å². The quantitative estimate of drug-likeness (QED) is 0.441. The zero-order valence-electron chi connectivity index (χ0n) is 8.77.